The van der Waals surface area contributed by atoms with Crippen LogP contribution in [0.15, 0.2) is 51.7 Å². The SMILES string of the molecule is C=C/C=C(\C(=C)Cl)c1cc(=O)c2c(O)cc(O)c(C3CCN(C)CC3O)c2o1. The molecule has 2 aromatic rings. The zero-order valence-electron chi connectivity index (χ0n) is 15.5. The Bertz CT molecular complexity index is 1040. The molecule has 28 heavy (non-hydrogen) atoms. The summed E-state index contributed by atoms with van der Waals surface area (Å²) in [6, 6.07) is 2.32. The number of allylic oxidation sites excluding steroid dienone is 4. The van der Waals surface area contributed by atoms with E-state index in [1.165, 1.54) is 12.1 Å². The van der Waals surface area contributed by atoms with E-state index >= 15 is 0 Å². The molecular formula is C21H22ClNO5. The molecule has 0 radical (unpaired) electrons. The van der Waals surface area contributed by atoms with Crippen molar-refractivity contribution in [3.8, 4) is 11.5 Å². The number of aromatic hydroxyl groups is 2. The van der Waals surface area contributed by atoms with Gasteiger partial charge in [0.15, 0.2) is 5.43 Å². The van der Waals surface area contributed by atoms with E-state index in [4.69, 9.17) is 16.0 Å². The van der Waals surface area contributed by atoms with Gasteiger partial charge in [0, 0.05) is 40.8 Å². The van der Waals surface area contributed by atoms with E-state index in [2.05, 4.69) is 13.2 Å². The number of halogens is 1. The Morgan fingerprint density at radius 3 is 2.68 bits per heavy atom. The Morgan fingerprint density at radius 2 is 2.07 bits per heavy atom. The van der Waals surface area contributed by atoms with Gasteiger partial charge in [0.05, 0.1) is 6.10 Å². The number of benzene rings is 1. The number of aliphatic hydroxyl groups excluding tert-OH is 1. The largest absolute Gasteiger partial charge is 0.507 e. The molecule has 1 fully saturated rings. The van der Waals surface area contributed by atoms with Crippen LogP contribution in [0.5, 0.6) is 11.5 Å². The van der Waals surface area contributed by atoms with Gasteiger partial charge < -0.3 is 24.6 Å². The van der Waals surface area contributed by atoms with Gasteiger partial charge in [-0.05, 0) is 20.0 Å². The number of phenolic OH excluding ortho intramolecular Hbond substituents is 2. The third kappa shape index (κ3) is 3.58. The van der Waals surface area contributed by atoms with Crippen LogP contribution < -0.4 is 5.43 Å². The van der Waals surface area contributed by atoms with Gasteiger partial charge >= 0.3 is 0 Å². The van der Waals surface area contributed by atoms with Gasteiger partial charge in [-0.15, -0.1) is 0 Å². The third-order valence-electron chi connectivity index (χ3n) is 5.00. The third-order valence-corrected chi connectivity index (χ3v) is 5.20. The number of aliphatic hydroxyl groups is 1. The van der Waals surface area contributed by atoms with Gasteiger partial charge in [0.1, 0.15) is 28.2 Å². The lowest BCUT2D eigenvalue weighted by molar-refractivity contribution is 0.0630. The van der Waals surface area contributed by atoms with Crippen molar-refractivity contribution in [1.82, 2.24) is 4.90 Å². The second-order valence-electron chi connectivity index (χ2n) is 6.95. The number of rotatable bonds is 4. The first-order valence-corrected chi connectivity index (χ1v) is 9.19. The van der Waals surface area contributed by atoms with Crippen molar-refractivity contribution >= 4 is 28.1 Å². The number of phenols is 2. The van der Waals surface area contributed by atoms with Crippen molar-refractivity contribution in [3.63, 3.8) is 0 Å². The van der Waals surface area contributed by atoms with Gasteiger partial charge in [-0.1, -0.05) is 36.9 Å². The monoisotopic (exact) mass is 403 g/mol. The predicted molar refractivity (Wildman–Crippen MR) is 110 cm³/mol. The first-order chi connectivity index (χ1) is 13.2. The molecule has 2 heterocycles. The fraction of sp³-hybridized carbons (Fsp3) is 0.286. The Hall–Kier alpha value is -2.54. The van der Waals surface area contributed by atoms with Crippen LogP contribution in [0.2, 0.25) is 0 Å². The van der Waals surface area contributed by atoms with Crippen LogP contribution in [-0.4, -0.2) is 46.5 Å². The van der Waals surface area contributed by atoms with E-state index in [1.807, 2.05) is 11.9 Å². The maximum Gasteiger partial charge on any atom is 0.197 e. The van der Waals surface area contributed by atoms with E-state index < -0.39 is 23.2 Å². The van der Waals surface area contributed by atoms with Crippen LogP contribution in [0.1, 0.15) is 23.7 Å². The summed E-state index contributed by atoms with van der Waals surface area (Å²) in [5.74, 6) is -0.953. The highest BCUT2D eigenvalue weighted by Crippen LogP contribution is 2.42. The minimum absolute atomic E-state index is 0.0291. The van der Waals surface area contributed by atoms with Crippen molar-refractivity contribution in [2.24, 2.45) is 0 Å². The predicted octanol–water partition coefficient (Wildman–Crippen LogP) is 3.31. The van der Waals surface area contributed by atoms with Crippen LogP contribution in [0, 0.1) is 0 Å². The van der Waals surface area contributed by atoms with Crippen LogP contribution in [0.4, 0.5) is 0 Å². The van der Waals surface area contributed by atoms with E-state index in [1.54, 1.807) is 6.08 Å². The van der Waals surface area contributed by atoms with Gasteiger partial charge in [0.2, 0.25) is 0 Å². The lowest BCUT2D eigenvalue weighted by Gasteiger charge is -2.34. The highest BCUT2D eigenvalue weighted by molar-refractivity contribution is 6.36. The number of fused-ring (bicyclic) bond motifs is 1. The average Bonchev–Trinajstić information content (AvgIpc) is 2.60. The van der Waals surface area contributed by atoms with Gasteiger partial charge in [-0.3, -0.25) is 4.79 Å². The van der Waals surface area contributed by atoms with Crippen molar-refractivity contribution in [2.75, 3.05) is 20.1 Å². The smallest absolute Gasteiger partial charge is 0.197 e. The maximum atomic E-state index is 12.7. The van der Waals surface area contributed by atoms with Crippen LogP contribution >= 0.6 is 11.6 Å². The molecule has 1 aromatic heterocycles. The molecule has 2 unspecified atom stereocenters. The molecule has 1 aliphatic rings. The molecule has 1 aliphatic heterocycles. The molecule has 6 nitrogen and oxygen atoms in total. The Balaban J connectivity index is 2.32. The standard InChI is InChI=1S/C21H22ClNO5/c1-4-5-12(11(2)22)18-9-16(26)20-15(25)8-14(24)19(21(20)28-18)13-6-7-23(3)10-17(13)27/h4-5,8-9,13,17,24-25,27H,1-2,6-7,10H2,3H3/b12-5+. The lowest BCUT2D eigenvalue weighted by atomic mass is 9.85. The van der Waals surface area contributed by atoms with Gasteiger partial charge in [-0.25, -0.2) is 0 Å². The summed E-state index contributed by atoms with van der Waals surface area (Å²) in [5.41, 5.74) is 0.186. The Morgan fingerprint density at radius 1 is 1.36 bits per heavy atom. The molecule has 3 N–H and O–H groups in total. The van der Waals surface area contributed by atoms with Crippen molar-refractivity contribution in [3.05, 3.63) is 64.0 Å². The normalized spacial score (nSPS) is 21.0. The highest BCUT2D eigenvalue weighted by atomic mass is 35.5. The summed E-state index contributed by atoms with van der Waals surface area (Å²) >= 11 is 6.03. The first-order valence-electron chi connectivity index (χ1n) is 8.81. The minimum Gasteiger partial charge on any atom is -0.507 e. The van der Waals surface area contributed by atoms with Crippen LogP contribution in [0.25, 0.3) is 16.5 Å². The molecule has 1 aromatic carbocycles. The summed E-state index contributed by atoms with van der Waals surface area (Å²) in [7, 11) is 1.89. The Labute approximate surface area is 167 Å². The fourth-order valence-corrected chi connectivity index (χ4v) is 3.82. The summed E-state index contributed by atoms with van der Waals surface area (Å²) in [5, 5.41) is 31.4. The molecule has 0 aliphatic carbocycles. The number of hydrogen-bond donors (Lipinski definition) is 3. The molecule has 0 bridgehead atoms. The zero-order valence-corrected chi connectivity index (χ0v) is 16.2. The van der Waals surface area contributed by atoms with Gasteiger partial charge in [-0.2, -0.15) is 0 Å². The molecule has 0 spiro atoms. The van der Waals surface area contributed by atoms with Gasteiger partial charge in [0.25, 0.3) is 0 Å². The van der Waals surface area contributed by atoms with E-state index in [9.17, 15) is 20.1 Å². The molecule has 7 heteroatoms. The van der Waals surface area contributed by atoms with E-state index in [-0.39, 0.29) is 27.5 Å². The second-order valence-corrected chi connectivity index (χ2v) is 7.41. The summed E-state index contributed by atoms with van der Waals surface area (Å²) < 4.78 is 5.93. The molecule has 1 saturated heterocycles. The minimum atomic E-state index is -0.766. The number of likely N-dealkylation sites (N-methyl/N-ethyl adjacent to an activating group) is 1. The fourth-order valence-electron chi connectivity index (χ4n) is 3.66. The van der Waals surface area contributed by atoms with Crippen molar-refractivity contribution < 1.29 is 19.7 Å². The first kappa shape index (κ1) is 20.2. The summed E-state index contributed by atoms with van der Waals surface area (Å²) in [6.45, 7) is 8.40. The molecule has 2 atom stereocenters. The van der Waals surface area contributed by atoms with Crippen LogP contribution in [0.3, 0.4) is 0 Å². The zero-order chi connectivity index (χ0) is 20.6. The molecule has 0 amide bonds. The van der Waals surface area contributed by atoms with E-state index in [0.717, 1.165) is 6.07 Å². The number of likely N-dealkylation sites (tertiary alicyclic amines) is 1. The maximum absolute atomic E-state index is 12.7. The average molecular weight is 404 g/mol. The summed E-state index contributed by atoms with van der Waals surface area (Å²) in [6.07, 6.45) is 2.81. The number of β-amino-alcohol motifs (C(OH)–C–C–N with tert-alkyl or cyclic N) is 1. The number of hydrogen-bond acceptors (Lipinski definition) is 6. The number of piperidine rings is 1. The quantitative estimate of drug-likeness (QED) is 0.678. The molecule has 3 rings (SSSR count). The van der Waals surface area contributed by atoms with E-state index in [0.29, 0.717) is 30.6 Å². The molecule has 0 saturated carbocycles. The second kappa shape index (κ2) is 7.83. The molecule has 148 valence electrons. The lowest BCUT2D eigenvalue weighted by Crippen LogP contribution is -2.40. The van der Waals surface area contributed by atoms with Crippen LogP contribution in [-0.2, 0) is 0 Å². The molecular weight excluding hydrogens is 382 g/mol. The number of nitrogens with zero attached hydrogens (tertiary/aromatic N) is 1. The van der Waals surface area contributed by atoms with Crippen molar-refractivity contribution in [1.29, 1.82) is 0 Å². The topological polar surface area (TPSA) is 94.1 Å². The Kier molecular flexibility index (Phi) is 5.65. The highest BCUT2D eigenvalue weighted by Gasteiger charge is 2.33. The van der Waals surface area contributed by atoms with Crippen molar-refractivity contribution in [2.45, 2.75) is 18.4 Å². The summed E-state index contributed by atoms with van der Waals surface area (Å²) in [4.78, 5) is 14.7.